The fourth-order valence-electron chi connectivity index (χ4n) is 2.51. The number of carbonyl (C=O) groups is 2. The summed E-state index contributed by atoms with van der Waals surface area (Å²) in [5.74, 6) is -0.966. The number of rotatable bonds is 5. The molecule has 0 spiro atoms. The number of anilines is 1. The van der Waals surface area contributed by atoms with Crippen LogP contribution in [0.25, 0.3) is 6.08 Å². The Morgan fingerprint density at radius 3 is 2.44 bits per heavy atom. The molecule has 4 nitrogen and oxygen atoms in total. The van der Waals surface area contributed by atoms with Gasteiger partial charge in [-0.05, 0) is 55.7 Å². The van der Waals surface area contributed by atoms with Crippen molar-refractivity contribution >= 4 is 35.2 Å². The van der Waals surface area contributed by atoms with Crippen molar-refractivity contribution in [2.24, 2.45) is 0 Å². The predicted octanol–water partition coefficient (Wildman–Crippen LogP) is 4.46. The first-order valence-electron chi connectivity index (χ1n) is 7.83. The topological polar surface area (TPSA) is 55.4 Å². The number of hydrogen-bond donors (Lipinski definition) is 1. The third-order valence-corrected chi connectivity index (χ3v) is 3.78. The molecule has 0 saturated heterocycles. The molecule has 0 heterocycles. The minimum absolute atomic E-state index is 0.342. The molecule has 0 bridgehead atoms. The Labute approximate surface area is 152 Å². The summed E-state index contributed by atoms with van der Waals surface area (Å²) in [4.78, 5) is 23.7. The van der Waals surface area contributed by atoms with E-state index in [4.69, 9.17) is 16.3 Å². The fraction of sp³-hybridized carbons (Fsp3) is 0.200. The zero-order chi connectivity index (χ0) is 18.4. The summed E-state index contributed by atoms with van der Waals surface area (Å²) in [6.07, 6.45) is 2.85. The van der Waals surface area contributed by atoms with Crippen molar-refractivity contribution in [2.45, 2.75) is 20.8 Å². The summed E-state index contributed by atoms with van der Waals surface area (Å²) in [6.45, 7) is 5.51. The molecular formula is C20H20ClNO3. The Hall–Kier alpha value is -2.59. The maximum absolute atomic E-state index is 12.0. The van der Waals surface area contributed by atoms with Crippen LogP contribution < -0.4 is 5.32 Å². The van der Waals surface area contributed by atoms with E-state index in [-0.39, 0.29) is 12.5 Å². The quantitative estimate of drug-likeness (QED) is 0.635. The van der Waals surface area contributed by atoms with E-state index in [1.54, 1.807) is 24.3 Å². The van der Waals surface area contributed by atoms with Crippen molar-refractivity contribution in [1.29, 1.82) is 0 Å². The van der Waals surface area contributed by atoms with E-state index in [0.717, 1.165) is 27.9 Å². The van der Waals surface area contributed by atoms with Gasteiger partial charge in [-0.3, -0.25) is 4.79 Å². The van der Waals surface area contributed by atoms with Crippen LogP contribution in [0.1, 0.15) is 22.3 Å². The Kier molecular flexibility index (Phi) is 6.37. The van der Waals surface area contributed by atoms with Gasteiger partial charge in [0.1, 0.15) is 0 Å². The van der Waals surface area contributed by atoms with E-state index in [2.05, 4.69) is 5.32 Å². The Bertz CT molecular complexity index is 804. The first-order valence-corrected chi connectivity index (χ1v) is 8.21. The van der Waals surface area contributed by atoms with Crippen LogP contribution in [-0.2, 0) is 14.3 Å². The SMILES string of the molecule is Cc1cc(C)c(NC(=O)COC(=O)/C=C/c2cccc(Cl)c2)c(C)c1. The molecule has 1 N–H and O–H groups in total. The van der Waals surface area contributed by atoms with Gasteiger partial charge in [0.25, 0.3) is 5.91 Å². The second kappa shape index (κ2) is 8.49. The molecule has 0 unspecified atom stereocenters. The fourth-order valence-corrected chi connectivity index (χ4v) is 2.71. The maximum Gasteiger partial charge on any atom is 0.331 e. The molecule has 2 rings (SSSR count). The highest BCUT2D eigenvalue weighted by molar-refractivity contribution is 6.30. The van der Waals surface area contributed by atoms with Crippen LogP contribution in [0.4, 0.5) is 5.69 Å². The van der Waals surface area contributed by atoms with Crippen molar-refractivity contribution in [3.63, 3.8) is 0 Å². The smallest absolute Gasteiger partial charge is 0.331 e. The summed E-state index contributed by atoms with van der Waals surface area (Å²) < 4.78 is 4.96. The summed E-state index contributed by atoms with van der Waals surface area (Å²) in [5.41, 5.74) is 4.60. The van der Waals surface area contributed by atoms with Gasteiger partial charge in [0.2, 0.25) is 0 Å². The Morgan fingerprint density at radius 1 is 1.12 bits per heavy atom. The van der Waals surface area contributed by atoms with Crippen LogP contribution >= 0.6 is 11.6 Å². The van der Waals surface area contributed by atoms with Crippen molar-refractivity contribution in [2.75, 3.05) is 11.9 Å². The molecule has 0 aliphatic heterocycles. The number of esters is 1. The third-order valence-electron chi connectivity index (χ3n) is 3.55. The van der Waals surface area contributed by atoms with Gasteiger partial charge in [-0.15, -0.1) is 0 Å². The average Bonchev–Trinajstić information content (AvgIpc) is 2.54. The minimum atomic E-state index is -0.590. The number of carbonyl (C=O) groups excluding carboxylic acids is 2. The van der Waals surface area contributed by atoms with Gasteiger partial charge in [0.15, 0.2) is 6.61 Å². The minimum Gasteiger partial charge on any atom is -0.452 e. The molecule has 0 atom stereocenters. The number of halogens is 1. The third kappa shape index (κ3) is 5.76. The van der Waals surface area contributed by atoms with Gasteiger partial charge < -0.3 is 10.1 Å². The first-order chi connectivity index (χ1) is 11.8. The van der Waals surface area contributed by atoms with Crippen LogP contribution in [0.5, 0.6) is 0 Å². The zero-order valence-electron chi connectivity index (χ0n) is 14.4. The molecule has 130 valence electrons. The van der Waals surface area contributed by atoms with Gasteiger partial charge in [-0.25, -0.2) is 4.79 Å². The lowest BCUT2D eigenvalue weighted by Gasteiger charge is -2.12. The molecule has 0 aromatic heterocycles. The molecule has 1 amide bonds. The van der Waals surface area contributed by atoms with E-state index in [1.165, 1.54) is 6.08 Å². The second-order valence-electron chi connectivity index (χ2n) is 5.82. The van der Waals surface area contributed by atoms with Crippen LogP contribution in [0.2, 0.25) is 5.02 Å². The number of amides is 1. The molecule has 5 heteroatoms. The van der Waals surface area contributed by atoms with Gasteiger partial charge in [-0.2, -0.15) is 0 Å². The molecule has 2 aromatic rings. The largest absolute Gasteiger partial charge is 0.452 e. The van der Waals surface area contributed by atoms with Crippen LogP contribution in [0.15, 0.2) is 42.5 Å². The maximum atomic E-state index is 12.0. The zero-order valence-corrected chi connectivity index (χ0v) is 15.2. The van der Waals surface area contributed by atoms with E-state index < -0.39 is 5.97 Å². The average molecular weight is 358 g/mol. The number of hydrogen-bond acceptors (Lipinski definition) is 3. The van der Waals surface area contributed by atoms with Gasteiger partial charge in [-0.1, -0.05) is 41.4 Å². The van der Waals surface area contributed by atoms with Gasteiger partial charge in [0.05, 0.1) is 0 Å². The Morgan fingerprint density at radius 2 is 1.80 bits per heavy atom. The predicted molar refractivity (Wildman–Crippen MR) is 101 cm³/mol. The molecule has 25 heavy (non-hydrogen) atoms. The van der Waals surface area contributed by atoms with Crippen molar-refractivity contribution in [3.8, 4) is 0 Å². The molecule has 0 saturated carbocycles. The normalized spacial score (nSPS) is 10.7. The van der Waals surface area contributed by atoms with Crippen molar-refractivity contribution < 1.29 is 14.3 Å². The number of aryl methyl sites for hydroxylation is 3. The second-order valence-corrected chi connectivity index (χ2v) is 6.25. The number of nitrogens with one attached hydrogen (secondary N) is 1. The molecule has 0 fully saturated rings. The van der Waals surface area contributed by atoms with Gasteiger partial charge in [0, 0.05) is 16.8 Å². The first kappa shape index (κ1) is 18.7. The molecule has 0 aliphatic rings. The van der Waals surface area contributed by atoms with Crippen molar-refractivity contribution in [3.05, 3.63) is 69.8 Å². The van der Waals surface area contributed by atoms with E-state index in [1.807, 2.05) is 39.0 Å². The lowest BCUT2D eigenvalue weighted by atomic mass is 10.1. The molecule has 0 aliphatic carbocycles. The van der Waals surface area contributed by atoms with Crippen LogP contribution in [0.3, 0.4) is 0 Å². The van der Waals surface area contributed by atoms with Crippen LogP contribution in [0, 0.1) is 20.8 Å². The lowest BCUT2D eigenvalue weighted by molar-refractivity contribution is -0.142. The molecular weight excluding hydrogens is 338 g/mol. The standard InChI is InChI=1S/C20H20ClNO3/c1-13-9-14(2)20(15(3)10-13)22-18(23)12-25-19(24)8-7-16-5-4-6-17(21)11-16/h4-11H,12H2,1-3H3,(H,22,23)/b8-7+. The lowest BCUT2D eigenvalue weighted by Crippen LogP contribution is -2.21. The molecule has 0 radical (unpaired) electrons. The summed E-state index contributed by atoms with van der Waals surface area (Å²) in [6, 6.07) is 11.0. The van der Waals surface area contributed by atoms with Crippen molar-refractivity contribution in [1.82, 2.24) is 0 Å². The van der Waals surface area contributed by atoms with E-state index in [9.17, 15) is 9.59 Å². The highest BCUT2D eigenvalue weighted by Crippen LogP contribution is 2.21. The number of ether oxygens (including phenoxy) is 1. The highest BCUT2D eigenvalue weighted by atomic mass is 35.5. The van der Waals surface area contributed by atoms with Gasteiger partial charge >= 0.3 is 5.97 Å². The van der Waals surface area contributed by atoms with Crippen LogP contribution in [-0.4, -0.2) is 18.5 Å². The summed E-state index contributed by atoms with van der Waals surface area (Å²) >= 11 is 5.87. The summed E-state index contributed by atoms with van der Waals surface area (Å²) in [7, 11) is 0. The highest BCUT2D eigenvalue weighted by Gasteiger charge is 2.10. The van der Waals surface area contributed by atoms with E-state index >= 15 is 0 Å². The monoisotopic (exact) mass is 357 g/mol. The number of benzene rings is 2. The molecule has 2 aromatic carbocycles. The summed E-state index contributed by atoms with van der Waals surface area (Å²) in [5, 5.41) is 3.37. The Balaban J connectivity index is 1.88. The van der Waals surface area contributed by atoms with E-state index in [0.29, 0.717) is 5.02 Å².